The maximum atomic E-state index is 11.7. The zero-order valence-electron chi connectivity index (χ0n) is 4.60. The van der Waals surface area contributed by atoms with Crippen molar-refractivity contribution >= 4 is 6.29 Å². The monoisotopic (exact) mass is 128 g/mol. The van der Waals surface area contributed by atoms with E-state index in [9.17, 15) is 9.18 Å². The third-order valence-corrected chi connectivity index (χ3v) is 0.902. The lowest BCUT2D eigenvalue weighted by atomic mass is 10.5. The van der Waals surface area contributed by atoms with E-state index in [1.54, 1.807) is 0 Å². The van der Waals surface area contributed by atoms with Crippen LogP contribution in [0.2, 0.25) is 0 Å². The minimum Gasteiger partial charge on any atom is -0.338 e. The Balaban J connectivity index is 2.86. The molecule has 1 rings (SSSR count). The molecule has 3 nitrogen and oxygen atoms in total. The molecule has 1 heterocycles. The van der Waals surface area contributed by atoms with E-state index in [0.717, 1.165) is 0 Å². The molecule has 0 aliphatic heterocycles. The van der Waals surface area contributed by atoms with Gasteiger partial charge in [-0.3, -0.25) is 4.79 Å². The average molecular weight is 128 g/mol. The number of halogens is 1. The van der Waals surface area contributed by atoms with Gasteiger partial charge in [-0.1, -0.05) is 0 Å². The molecule has 4 heteroatoms. The number of aldehydes is 1. The third-order valence-electron chi connectivity index (χ3n) is 0.902. The van der Waals surface area contributed by atoms with Crippen LogP contribution in [0.25, 0.3) is 0 Å². The van der Waals surface area contributed by atoms with Crippen LogP contribution in [0.5, 0.6) is 0 Å². The number of imidazole rings is 1. The Labute approximate surface area is 50.9 Å². The van der Waals surface area contributed by atoms with Crippen molar-refractivity contribution in [1.82, 2.24) is 9.97 Å². The summed E-state index contributed by atoms with van der Waals surface area (Å²) in [5.74, 6) is 0.192. The van der Waals surface area contributed by atoms with Gasteiger partial charge in [0.2, 0.25) is 0 Å². The van der Waals surface area contributed by atoms with Gasteiger partial charge in [0.15, 0.2) is 6.29 Å². The van der Waals surface area contributed by atoms with Crippen molar-refractivity contribution in [3.05, 3.63) is 17.7 Å². The number of hydrogen-bond acceptors (Lipinski definition) is 2. The molecule has 0 radical (unpaired) electrons. The van der Waals surface area contributed by atoms with Crippen molar-refractivity contribution in [2.24, 2.45) is 0 Å². The number of hydrogen-bond donors (Lipinski definition) is 1. The van der Waals surface area contributed by atoms with Crippen LogP contribution in [0, 0.1) is 0 Å². The third kappa shape index (κ3) is 1.13. The van der Waals surface area contributed by atoms with Crippen molar-refractivity contribution in [1.29, 1.82) is 0 Å². The van der Waals surface area contributed by atoms with Crippen molar-refractivity contribution in [3.63, 3.8) is 0 Å². The maximum Gasteiger partial charge on any atom is 0.167 e. The number of carbonyl (C=O) groups excluding carboxylic acids is 1. The molecule has 0 bridgehead atoms. The molecule has 0 aliphatic carbocycles. The van der Waals surface area contributed by atoms with Gasteiger partial charge in [0, 0.05) is 0 Å². The highest BCUT2D eigenvalue weighted by molar-refractivity contribution is 5.71. The van der Waals surface area contributed by atoms with Crippen molar-refractivity contribution in [2.45, 2.75) is 6.67 Å². The van der Waals surface area contributed by atoms with Crippen LogP contribution < -0.4 is 0 Å². The lowest BCUT2D eigenvalue weighted by Gasteiger charge is -1.79. The summed E-state index contributed by atoms with van der Waals surface area (Å²) >= 11 is 0. The molecular formula is C5H5FN2O. The molecule has 0 spiro atoms. The molecule has 0 aliphatic rings. The molecule has 0 saturated heterocycles. The van der Waals surface area contributed by atoms with E-state index >= 15 is 0 Å². The van der Waals surface area contributed by atoms with Gasteiger partial charge in [-0.2, -0.15) is 0 Å². The van der Waals surface area contributed by atoms with E-state index in [4.69, 9.17) is 0 Å². The predicted octanol–water partition coefficient (Wildman–Crippen LogP) is 0.692. The second-order valence-corrected chi connectivity index (χ2v) is 1.54. The standard InChI is InChI=1S/C5H5FN2O/c6-1-5-7-2-4(3-9)8-5/h2-3H,1H2,(H,7,8). The average Bonchev–Trinajstić information content (AvgIpc) is 2.34. The smallest absolute Gasteiger partial charge is 0.167 e. The summed E-state index contributed by atoms with van der Waals surface area (Å²) in [7, 11) is 0. The Kier molecular flexibility index (Phi) is 1.58. The topological polar surface area (TPSA) is 45.8 Å². The van der Waals surface area contributed by atoms with E-state index in [-0.39, 0.29) is 5.82 Å². The number of carbonyl (C=O) groups is 1. The van der Waals surface area contributed by atoms with Crippen LogP contribution in [0.15, 0.2) is 6.20 Å². The first-order valence-electron chi connectivity index (χ1n) is 2.42. The lowest BCUT2D eigenvalue weighted by molar-refractivity contribution is 0.111. The van der Waals surface area contributed by atoms with E-state index in [2.05, 4.69) is 9.97 Å². The molecule has 0 saturated carbocycles. The molecule has 48 valence electrons. The minimum atomic E-state index is -0.659. The van der Waals surface area contributed by atoms with Crippen LogP contribution in [0.1, 0.15) is 16.3 Å². The number of aromatic amines is 1. The number of aromatic nitrogens is 2. The predicted molar refractivity (Wildman–Crippen MR) is 28.8 cm³/mol. The summed E-state index contributed by atoms with van der Waals surface area (Å²) in [6.07, 6.45) is 1.88. The highest BCUT2D eigenvalue weighted by Gasteiger charge is 1.95. The molecule has 9 heavy (non-hydrogen) atoms. The Morgan fingerprint density at radius 3 is 3.00 bits per heavy atom. The molecule has 0 unspecified atom stereocenters. The van der Waals surface area contributed by atoms with Gasteiger partial charge in [0.05, 0.1) is 11.9 Å². The van der Waals surface area contributed by atoms with Crippen molar-refractivity contribution in [2.75, 3.05) is 0 Å². The van der Waals surface area contributed by atoms with Gasteiger partial charge in [0.25, 0.3) is 0 Å². The number of alkyl halides is 1. The normalized spacial score (nSPS) is 9.44. The SMILES string of the molecule is O=Cc1cnc(CF)[nH]1. The first-order chi connectivity index (χ1) is 4.36. The fraction of sp³-hybridized carbons (Fsp3) is 0.200. The number of nitrogens with zero attached hydrogens (tertiary/aromatic N) is 1. The first kappa shape index (κ1) is 5.94. The molecule has 0 atom stereocenters. The maximum absolute atomic E-state index is 11.7. The van der Waals surface area contributed by atoms with Crippen LogP contribution in [0.3, 0.4) is 0 Å². The van der Waals surface area contributed by atoms with Crippen molar-refractivity contribution in [3.8, 4) is 0 Å². The summed E-state index contributed by atoms with van der Waals surface area (Å²) in [6.45, 7) is -0.659. The second-order valence-electron chi connectivity index (χ2n) is 1.54. The molecule has 0 fully saturated rings. The summed E-state index contributed by atoms with van der Waals surface area (Å²) < 4.78 is 11.7. The molecule has 0 amide bonds. The highest BCUT2D eigenvalue weighted by atomic mass is 19.1. The molecule has 1 N–H and O–H groups in total. The Hall–Kier alpha value is -1.19. The van der Waals surface area contributed by atoms with Gasteiger partial charge < -0.3 is 4.98 Å². The quantitative estimate of drug-likeness (QED) is 0.595. The first-order valence-corrected chi connectivity index (χ1v) is 2.42. The minimum absolute atomic E-state index is 0.192. The van der Waals surface area contributed by atoms with E-state index < -0.39 is 6.67 Å². The summed E-state index contributed by atoms with van der Waals surface area (Å²) in [6, 6.07) is 0. The zero-order chi connectivity index (χ0) is 6.69. The van der Waals surface area contributed by atoms with E-state index in [0.29, 0.717) is 12.0 Å². The molecule has 1 aromatic rings. The van der Waals surface area contributed by atoms with Crippen molar-refractivity contribution < 1.29 is 9.18 Å². The molecular weight excluding hydrogens is 123 g/mol. The van der Waals surface area contributed by atoms with Crippen LogP contribution in [0.4, 0.5) is 4.39 Å². The van der Waals surface area contributed by atoms with Gasteiger partial charge >= 0.3 is 0 Å². The second kappa shape index (κ2) is 2.39. The number of H-pyrrole nitrogens is 1. The number of rotatable bonds is 2. The van der Waals surface area contributed by atoms with E-state index in [1.807, 2.05) is 0 Å². The van der Waals surface area contributed by atoms with Crippen LogP contribution in [-0.2, 0) is 6.67 Å². The summed E-state index contributed by atoms with van der Waals surface area (Å²) in [5, 5.41) is 0. The fourth-order valence-corrected chi connectivity index (χ4v) is 0.506. The van der Waals surface area contributed by atoms with Crippen LogP contribution >= 0.6 is 0 Å². The van der Waals surface area contributed by atoms with Gasteiger partial charge in [-0.15, -0.1) is 0 Å². The summed E-state index contributed by atoms with van der Waals surface area (Å²) in [4.78, 5) is 15.9. The Morgan fingerprint density at radius 1 is 1.89 bits per heavy atom. The van der Waals surface area contributed by atoms with Crippen LogP contribution in [-0.4, -0.2) is 16.3 Å². The fourth-order valence-electron chi connectivity index (χ4n) is 0.506. The highest BCUT2D eigenvalue weighted by Crippen LogP contribution is 1.94. The van der Waals surface area contributed by atoms with Gasteiger partial charge in [-0.25, -0.2) is 9.37 Å². The Bertz CT molecular complexity index is 208. The lowest BCUT2D eigenvalue weighted by Crippen LogP contribution is -1.81. The van der Waals surface area contributed by atoms with Gasteiger partial charge in [0.1, 0.15) is 12.5 Å². The van der Waals surface area contributed by atoms with E-state index in [1.165, 1.54) is 6.20 Å². The summed E-state index contributed by atoms with van der Waals surface area (Å²) in [5.41, 5.74) is 0.308. The molecule has 0 aromatic carbocycles. The largest absolute Gasteiger partial charge is 0.338 e. The van der Waals surface area contributed by atoms with Gasteiger partial charge in [-0.05, 0) is 0 Å². The number of nitrogens with one attached hydrogen (secondary N) is 1. The molecule has 1 aromatic heterocycles. The zero-order valence-corrected chi connectivity index (χ0v) is 4.60. The Morgan fingerprint density at radius 2 is 2.67 bits per heavy atom.